The summed E-state index contributed by atoms with van der Waals surface area (Å²) >= 11 is 0. The van der Waals surface area contributed by atoms with E-state index in [0.717, 1.165) is 0 Å². The van der Waals surface area contributed by atoms with Crippen molar-refractivity contribution in [3.05, 3.63) is 35.1 Å². The lowest BCUT2D eigenvalue weighted by Gasteiger charge is -2.30. The van der Waals surface area contributed by atoms with Crippen molar-refractivity contribution in [2.45, 2.75) is 19.9 Å². The lowest BCUT2D eigenvalue weighted by atomic mass is 9.81. The third kappa shape index (κ3) is 2.36. The van der Waals surface area contributed by atoms with Gasteiger partial charge in [-0.15, -0.1) is 0 Å². The second-order valence-corrected chi connectivity index (χ2v) is 4.41. The zero-order chi connectivity index (χ0) is 12.5. The molecule has 0 aromatic heterocycles. The van der Waals surface area contributed by atoms with Gasteiger partial charge in [0.1, 0.15) is 17.5 Å². The summed E-state index contributed by atoms with van der Waals surface area (Å²) in [5, 5.41) is 9.06. The Morgan fingerprint density at radius 1 is 1.25 bits per heavy atom. The lowest BCUT2D eigenvalue weighted by molar-refractivity contribution is 0.129. The Kier molecular flexibility index (Phi) is 3.60. The van der Waals surface area contributed by atoms with Crippen LogP contribution in [0.15, 0.2) is 12.1 Å². The number of halogens is 3. The molecule has 0 fully saturated rings. The Bertz CT molecular complexity index is 370. The molecular formula is C11H14F3NO. The highest BCUT2D eigenvalue weighted by Crippen LogP contribution is 2.33. The molecule has 1 aromatic carbocycles. The van der Waals surface area contributed by atoms with Crippen molar-refractivity contribution in [2.24, 2.45) is 11.1 Å². The maximum absolute atomic E-state index is 13.4. The first-order chi connectivity index (χ1) is 7.29. The van der Waals surface area contributed by atoms with Crippen LogP contribution in [0.25, 0.3) is 0 Å². The van der Waals surface area contributed by atoms with Crippen molar-refractivity contribution >= 4 is 0 Å². The lowest BCUT2D eigenvalue weighted by Crippen LogP contribution is -2.33. The molecular weight excluding hydrogens is 219 g/mol. The van der Waals surface area contributed by atoms with E-state index in [0.29, 0.717) is 12.1 Å². The van der Waals surface area contributed by atoms with Crippen LogP contribution in [0.3, 0.4) is 0 Å². The SMILES string of the molecule is CC(C)(CO)[C@@H](N)c1c(F)cc(F)cc1F. The van der Waals surface area contributed by atoms with Crippen LogP contribution in [0.5, 0.6) is 0 Å². The fourth-order valence-corrected chi connectivity index (χ4v) is 1.34. The van der Waals surface area contributed by atoms with E-state index in [2.05, 4.69) is 0 Å². The second-order valence-electron chi connectivity index (χ2n) is 4.41. The topological polar surface area (TPSA) is 46.2 Å². The second kappa shape index (κ2) is 4.43. The third-order valence-corrected chi connectivity index (χ3v) is 2.60. The summed E-state index contributed by atoms with van der Waals surface area (Å²) < 4.78 is 39.5. The summed E-state index contributed by atoms with van der Waals surface area (Å²) in [6.07, 6.45) is 0. The third-order valence-electron chi connectivity index (χ3n) is 2.60. The van der Waals surface area contributed by atoms with Gasteiger partial charge in [-0.25, -0.2) is 13.2 Å². The van der Waals surface area contributed by atoms with Crippen LogP contribution in [-0.2, 0) is 0 Å². The molecule has 0 aliphatic heterocycles. The van der Waals surface area contributed by atoms with Gasteiger partial charge in [-0.3, -0.25) is 0 Å². The molecule has 0 heterocycles. The van der Waals surface area contributed by atoms with E-state index in [-0.39, 0.29) is 6.61 Å². The minimum Gasteiger partial charge on any atom is -0.396 e. The minimum absolute atomic E-state index is 0.329. The first-order valence-corrected chi connectivity index (χ1v) is 4.80. The average molecular weight is 233 g/mol. The number of rotatable bonds is 3. The molecule has 0 aliphatic rings. The van der Waals surface area contributed by atoms with Crippen molar-refractivity contribution in [1.82, 2.24) is 0 Å². The average Bonchev–Trinajstić information content (AvgIpc) is 2.15. The molecule has 1 atom stereocenters. The largest absolute Gasteiger partial charge is 0.396 e. The van der Waals surface area contributed by atoms with Crippen LogP contribution in [-0.4, -0.2) is 11.7 Å². The Balaban J connectivity index is 3.24. The Morgan fingerprint density at radius 2 is 1.69 bits per heavy atom. The fraction of sp³-hybridized carbons (Fsp3) is 0.455. The maximum atomic E-state index is 13.4. The van der Waals surface area contributed by atoms with E-state index in [1.807, 2.05) is 0 Å². The summed E-state index contributed by atoms with van der Waals surface area (Å²) in [4.78, 5) is 0. The maximum Gasteiger partial charge on any atom is 0.133 e. The van der Waals surface area contributed by atoms with Crippen LogP contribution in [0.4, 0.5) is 13.2 Å². The molecule has 90 valence electrons. The zero-order valence-electron chi connectivity index (χ0n) is 9.10. The van der Waals surface area contributed by atoms with Gasteiger partial charge in [-0.05, 0) is 0 Å². The van der Waals surface area contributed by atoms with E-state index in [1.165, 1.54) is 0 Å². The highest BCUT2D eigenvalue weighted by atomic mass is 19.1. The Morgan fingerprint density at radius 3 is 2.06 bits per heavy atom. The van der Waals surface area contributed by atoms with Gasteiger partial charge in [0.25, 0.3) is 0 Å². The molecule has 0 saturated carbocycles. The molecule has 0 spiro atoms. The molecule has 0 amide bonds. The van der Waals surface area contributed by atoms with Crippen molar-refractivity contribution in [3.8, 4) is 0 Å². The molecule has 0 unspecified atom stereocenters. The summed E-state index contributed by atoms with van der Waals surface area (Å²) in [5.41, 5.74) is 4.38. The Hall–Kier alpha value is -1.07. The molecule has 16 heavy (non-hydrogen) atoms. The molecule has 1 rings (SSSR count). The molecule has 5 heteroatoms. The van der Waals surface area contributed by atoms with Gasteiger partial charge < -0.3 is 10.8 Å². The molecule has 3 N–H and O–H groups in total. The summed E-state index contributed by atoms with van der Waals surface area (Å²) in [6, 6.07) is 0.107. The molecule has 0 bridgehead atoms. The smallest absolute Gasteiger partial charge is 0.133 e. The summed E-state index contributed by atoms with van der Waals surface area (Å²) in [6.45, 7) is 2.81. The zero-order valence-corrected chi connectivity index (χ0v) is 9.10. The molecule has 1 aromatic rings. The number of hydrogen-bond donors (Lipinski definition) is 2. The quantitative estimate of drug-likeness (QED) is 0.840. The van der Waals surface area contributed by atoms with Crippen LogP contribution in [0, 0.1) is 22.9 Å². The van der Waals surface area contributed by atoms with Crippen LogP contribution >= 0.6 is 0 Å². The molecule has 0 radical (unpaired) electrons. The number of aliphatic hydroxyl groups is 1. The molecule has 2 nitrogen and oxygen atoms in total. The number of aliphatic hydroxyl groups excluding tert-OH is 1. The summed E-state index contributed by atoms with van der Waals surface area (Å²) in [7, 11) is 0. The van der Waals surface area contributed by atoms with Gasteiger partial charge in [-0.2, -0.15) is 0 Å². The van der Waals surface area contributed by atoms with Crippen molar-refractivity contribution in [2.75, 3.05) is 6.61 Å². The summed E-state index contributed by atoms with van der Waals surface area (Å²) in [5.74, 6) is -3.06. The Labute approximate surface area is 91.9 Å². The van der Waals surface area contributed by atoms with Crippen LogP contribution in [0.1, 0.15) is 25.5 Å². The van der Waals surface area contributed by atoms with Gasteiger partial charge in [-0.1, -0.05) is 13.8 Å². The van der Waals surface area contributed by atoms with Crippen molar-refractivity contribution in [1.29, 1.82) is 0 Å². The van der Waals surface area contributed by atoms with Gasteiger partial charge in [0.05, 0.1) is 0 Å². The highest BCUT2D eigenvalue weighted by Gasteiger charge is 2.31. The normalized spacial score (nSPS) is 13.9. The molecule has 0 saturated heterocycles. The first-order valence-electron chi connectivity index (χ1n) is 4.80. The van der Waals surface area contributed by atoms with Crippen molar-refractivity contribution < 1.29 is 18.3 Å². The van der Waals surface area contributed by atoms with Gasteiger partial charge in [0.2, 0.25) is 0 Å². The van der Waals surface area contributed by atoms with E-state index < -0.39 is 34.5 Å². The van der Waals surface area contributed by atoms with Crippen LogP contribution < -0.4 is 5.73 Å². The van der Waals surface area contributed by atoms with Gasteiger partial charge in [0, 0.05) is 35.8 Å². The standard InChI is InChI=1S/C11H14F3NO/c1-11(2,5-16)10(15)9-7(13)3-6(12)4-8(9)14/h3-4,10,16H,5,15H2,1-2H3/t10-/m0/s1. The van der Waals surface area contributed by atoms with Gasteiger partial charge in [0.15, 0.2) is 0 Å². The van der Waals surface area contributed by atoms with Gasteiger partial charge >= 0.3 is 0 Å². The van der Waals surface area contributed by atoms with E-state index in [1.54, 1.807) is 13.8 Å². The highest BCUT2D eigenvalue weighted by molar-refractivity contribution is 5.25. The number of nitrogens with two attached hydrogens (primary N) is 1. The molecule has 0 aliphatic carbocycles. The van der Waals surface area contributed by atoms with E-state index >= 15 is 0 Å². The number of benzene rings is 1. The van der Waals surface area contributed by atoms with Crippen LogP contribution in [0.2, 0.25) is 0 Å². The predicted octanol–water partition coefficient (Wildman–Crippen LogP) is 2.12. The van der Waals surface area contributed by atoms with E-state index in [4.69, 9.17) is 10.8 Å². The minimum atomic E-state index is -1.04. The van der Waals surface area contributed by atoms with Crippen molar-refractivity contribution in [3.63, 3.8) is 0 Å². The monoisotopic (exact) mass is 233 g/mol. The predicted molar refractivity (Wildman–Crippen MR) is 54.1 cm³/mol. The fourth-order valence-electron chi connectivity index (χ4n) is 1.34. The van der Waals surface area contributed by atoms with E-state index in [9.17, 15) is 13.2 Å². The number of hydrogen-bond acceptors (Lipinski definition) is 2. The first kappa shape index (κ1) is 13.0.